The number of carbonyl (C=O) groups excluding carboxylic acids is 1. The van der Waals surface area contributed by atoms with Crippen molar-refractivity contribution in [2.45, 2.75) is 46.1 Å². The van der Waals surface area contributed by atoms with Gasteiger partial charge in [-0.3, -0.25) is 9.69 Å². The van der Waals surface area contributed by atoms with E-state index in [1.807, 2.05) is 46.8 Å². The minimum atomic E-state index is -3.71. The van der Waals surface area contributed by atoms with E-state index in [1.165, 1.54) is 27.8 Å². The largest absolute Gasteiger partial charge is 0.494 e. The molecule has 0 aliphatic heterocycles. The number of fused-ring (bicyclic) bond motifs is 1. The average molecular weight is 570 g/mol. The van der Waals surface area contributed by atoms with Gasteiger partial charge in [0.25, 0.3) is 5.91 Å². The van der Waals surface area contributed by atoms with E-state index in [0.29, 0.717) is 40.8 Å². The standard InChI is InChI=1S/C29H35N3O5S2/c1-19(2)16-31(17-20(3)4)39(34,35)24-12-10-22(11-13-24)28(33)32(18-23-8-7-15-37-23)29-30-26-25(36-6)14-9-21(5)27(26)38-29/h7-15,19-20H,16-18H2,1-6H3. The zero-order chi connectivity index (χ0) is 28.3. The van der Waals surface area contributed by atoms with Gasteiger partial charge in [0.15, 0.2) is 5.13 Å². The summed E-state index contributed by atoms with van der Waals surface area (Å²) in [6.45, 7) is 11.0. The summed E-state index contributed by atoms with van der Waals surface area (Å²) in [6, 6.07) is 13.5. The summed E-state index contributed by atoms with van der Waals surface area (Å²) in [7, 11) is -2.12. The first kappa shape index (κ1) is 28.8. The molecule has 2 heterocycles. The van der Waals surface area contributed by atoms with Gasteiger partial charge in [0.1, 0.15) is 17.0 Å². The number of furan rings is 1. The smallest absolute Gasteiger partial charge is 0.260 e. The van der Waals surface area contributed by atoms with Crippen LogP contribution in [0.1, 0.15) is 49.4 Å². The van der Waals surface area contributed by atoms with Crippen LogP contribution in [0, 0.1) is 18.8 Å². The molecule has 8 nitrogen and oxygen atoms in total. The molecule has 39 heavy (non-hydrogen) atoms. The number of amides is 1. The van der Waals surface area contributed by atoms with E-state index in [2.05, 4.69) is 0 Å². The van der Waals surface area contributed by atoms with Crippen molar-refractivity contribution < 1.29 is 22.4 Å². The molecule has 0 spiro atoms. The Hall–Kier alpha value is -3.21. The molecule has 0 saturated carbocycles. The maximum atomic E-state index is 13.8. The quantitative estimate of drug-likeness (QED) is 0.209. The van der Waals surface area contributed by atoms with Gasteiger partial charge in [0, 0.05) is 18.7 Å². The van der Waals surface area contributed by atoms with Gasteiger partial charge in [-0.15, -0.1) is 0 Å². The van der Waals surface area contributed by atoms with Crippen LogP contribution >= 0.6 is 11.3 Å². The van der Waals surface area contributed by atoms with Crippen LogP contribution in [0.25, 0.3) is 10.2 Å². The molecular weight excluding hydrogens is 534 g/mol. The Morgan fingerprint density at radius 3 is 2.26 bits per heavy atom. The second kappa shape index (κ2) is 11.9. The molecular formula is C29H35N3O5S2. The van der Waals surface area contributed by atoms with Crippen molar-refractivity contribution in [3.63, 3.8) is 0 Å². The highest BCUT2D eigenvalue weighted by Crippen LogP contribution is 2.37. The van der Waals surface area contributed by atoms with Crippen molar-refractivity contribution in [3.8, 4) is 5.75 Å². The van der Waals surface area contributed by atoms with Gasteiger partial charge in [-0.1, -0.05) is 45.1 Å². The Bertz CT molecular complexity index is 1520. The highest BCUT2D eigenvalue weighted by Gasteiger charge is 2.28. The summed E-state index contributed by atoms with van der Waals surface area (Å²) in [4.78, 5) is 20.3. The van der Waals surface area contributed by atoms with Crippen molar-refractivity contribution >= 4 is 42.6 Å². The lowest BCUT2D eigenvalue weighted by atomic mass is 10.2. The maximum absolute atomic E-state index is 13.8. The summed E-state index contributed by atoms with van der Waals surface area (Å²) in [5.41, 5.74) is 2.07. The van der Waals surface area contributed by atoms with Crippen LogP contribution in [-0.2, 0) is 16.6 Å². The number of hydrogen-bond acceptors (Lipinski definition) is 7. The molecule has 0 aliphatic carbocycles. The number of aryl methyl sites for hydroxylation is 1. The molecule has 0 radical (unpaired) electrons. The lowest BCUT2D eigenvalue weighted by molar-refractivity contribution is 0.0983. The van der Waals surface area contributed by atoms with Crippen molar-refractivity contribution in [2.75, 3.05) is 25.1 Å². The molecule has 0 fully saturated rings. The molecule has 0 saturated heterocycles. The molecule has 1 amide bonds. The highest BCUT2D eigenvalue weighted by molar-refractivity contribution is 7.89. The third kappa shape index (κ3) is 6.34. The summed E-state index contributed by atoms with van der Waals surface area (Å²) >= 11 is 1.40. The number of hydrogen-bond donors (Lipinski definition) is 0. The number of thiazole rings is 1. The number of methoxy groups -OCH3 is 1. The Balaban J connectivity index is 1.69. The van der Waals surface area contributed by atoms with Crippen LogP contribution in [0.5, 0.6) is 5.75 Å². The van der Waals surface area contributed by atoms with E-state index in [9.17, 15) is 13.2 Å². The van der Waals surface area contributed by atoms with Crippen LogP contribution in [0.2, 0.25) is 0 Å². The zero-order valence-electron chi connectivity index (χ0n) is 23.2. The number of rotatable bonds is 11. The van der Waals surface area contributed by atoms with Crippen molar-refractivity contribution in [3.05, 3.63) is 71.7 Å². The lowest BCUT2D eigenvalue weighted by Gasteiger charge is -2.25. The third-order valence-electron chi connectivity index (χ3n) is 6.16. The summed E-state index contributed by atoms with van der Waals surface area (Å²) in [5, 5.41) is 0.496. The zero-order valence-corrected chi connectivity index (χ0v) is 24.8. The van der Waals surface area contributed by atoms with Gasteiger partial charge < -0.3 is 9.15 Å². The molecule has 0 N–H and O–H groups in total. The van der Waals surface area contributed by atoms with Crippen LogP contribution in [-0.4, -0.2) is 43.8 Å². The highest BCUT2D eigenvalue weighted by atomic mass is 32.2. The Morgan fingerprint density at radius 2 is 1.69 bits per heavy atom. The second-order valence-electron chi connectivity index (χ2n) is 10.4. The number of sulfonamides is 1. The van der Waals surface area contributed by atoms with E-state index in [0.717, 1.165) is 10.3 Å². The topological polar surface area (TPSA) is 92.9 Å². The number of nitrogens with zero attached hydrogens (tertiary/aromatic N) is 3. The fourth-order valence-electron chi connectivity index (χ4n) is 4.32. The summed E-state index contributed by atoms with van der Waals surface area (Å²) < 4.78 is 40.4. The molecule has 0 aliphatic rings. The number of carbonyl (C=O) groups is 1. The van der Waals surface area contributed by atoms with Crippen LogP contribution in [0.4, 0.5) is 5.13 Å². The molecule has 2 aromatic heterocycles. The Labute approximate surface area is 234 Å². The van der Waals surface area contributed by atoms with Gasteiger partial charge >= 0.3 is 0 Å². The van der Waals surface area contributed by atoms with Crippen LogP contribution in [0.15, 0.2) is 64.1 Å². The molecule has 10 heteroatoms. The molecule has 0 atom stereocenters. The molecule has 2 aromatic carbocycles. The minimum absolute atomic E-state index is 0.165. The van der Waals surface area contributed by atoms with Crippen molar-refractivity contribution in [2.24, 2.45) is 11.8 Å². The average Bonchev–Trinajstić information content (AvgIpc) is 3.57. The second-order valence-corrected chi connectivity index (χ2v) is 13.3. The molecule has 208 valence electrons. The third-order valence-corrected chi connectivity index (χ3v) is 9.22. The van der Waals surface area contributed by atoms with E-state index in [4.69, 9.17) is 14.1 Å². The number of ether oxygens (including phenoxy) is 1. The van der Waals surface area contributed by atoms with Gasteiger partial charge in [-0.25, -0.2) is 13.4 Å². The first-order valence-electron chi connectivity index (χ1n) is 12.9. The predicted octanol–water partition coefficient (Wildman–Crippen LogP) is 6.36. The molecule has 0 bridgehead atoms. The maximum Gasteiger partial charge on any atom is 0.260 e. The Morgan fingerprint density at radius 1 is 1.03 bits per heavy atom. The number of benzene rings is 2. The van der Waals surface area contributed by atoms with Gasteiger partial charge in [0.2, 0.25) is 10.0 Å². The van der Waals surface area contributed by atoms with Crippen LogP contribution in [0.3, 0.4) is 0 Å². The van der Waals surface area contributed by atoms with Gasteiger partial charge in [-0.05, 0) is 66.8 Å². The summed E-state index contributed by atoms with van der Waals surface area (Å²) in [5.74, 6) is 1.29. The normalized spacial score (nSPS) is 12.1. The van der Waals surface area contributed by atoms with E-state index in [-0.39, 0.29) is 29.2 Å². The fourth-order valence-corrected chi connectivity index (χ4v) is 7.14. The Kier molecular flexibility index (Phi) is 8.78. The summed E-state index contributed by atoms with van der Waals surface area (Å²) in [6.07, 6.45) is 1.56. The van der Waals surface area contributed by atoms with Gasteiger partial charge in [-0.2, -0.15) is 4.31 Å². The minimum Gasteiger partial charge on any atom is -0.494 e. The number of anilines is 1. The first-order chi connectivity index (χ1) is 18.5. The van der Waals surface area contributed by atoms with Crippen LogP contribution < -0.4 is 9.64 Å². The monoisotopic (exact) mass is 569 g/mol. The molecule has 4 aromatic rings. The van der Waals surface area contributed by atoms with E-state index >= 15 is 0 Å². The molecule has 4 rings (SSSR count). The molecule has 0 unspecified atom stereocenters. The van der Waals surface area contributed by atoms with Gasteiger partial charge in [0.05, 0.1) is 29.5 Å². The number of aromatic nitrogens is 1. The first-order valence-corrected chi connectivity index (χ1v) is 15.2. The SMILES string of the molecule is COc1ccc(C)c2sc(N(Cc3ccco3)C(=O)c3ccc(S(=O)(=O)N(CC(C)C)CC(C)C)cc3)nc12. The fraction of sp³-hybridized carbons (Fsp3) is 0.379. The van der Waals surface area contributed by atoms with E-state index < -0.39 is 10.0 Å². The van der Waals surface area contributed by atoms with E-state index in [1.54, 1.807) is 42.5 Å². The van der Waals surface area contributed by atoms with Crippen molar-refractivity contribution in [1.29, 1.82) is 0 Å². The predicted molar refractivity (Wildman–Crippen MR) is 155 cm³/mol. The van der Waals surface area contributed by atoms with Crippen molar-refractivity contribution in [1.82, 2.24) is 9.29 Å². The lowest BCUT2D eigenvalue weighted by Crippen LogP contribution is -2.37.